The Hall–Kier alpha value is -2.35. The minimum absolute atomic E-state index is 0.103. The van der Waals surface area contributed by atoms with Gasteiger partial charge in [-0.15, -0.1) is 0 Å². The largest absolute Gasteiger partial charge is 0.455 e. The van der Waals surface area contributed by atoms with Crippen LogP contribution in [0.25, 0.3) is 0 Å². The highest BCUT2D eigenvalue weighted by molar-refractivity contribution is 5.93. The molecule has 0 bridgehead atoms. The van der Waals surface area contributed by atoms with Crippen LogP contribution in [-0.4, -0.2) is 18.5 Å². The number of anilines is 1. The van der Waals surface area contributed by atoms with Crippen molar-refractivity contribution in [2.45, 2.75) is 46.5 Å². The summed E-state index contributed by atoms with van der Waals surface area (Å²) in [6.45, 7) is 6.42. The molecule has 0 unspecified atom stereocenters. The third-order valence-corrected chi connectivity index (χ3v) is 4.91. The molecule has 0 radical (unpaired) electrons. The maximum absolute atomic E-state index is 12.2. The zero-order valence-corrected chi connectivity index (χ0v) is 15.2. The number of carbonyl (C=O) groups is 2. The molecule has 0 saturated heterocycles. The zero-order valence-electron chi connectivity index (χ0n) is 15.2. The lowest BCUT2D eigenvalue weighted by atomic mass is 9.70. The average Bonchev–Trinajstić information content (AvgIpc) is 2.59. The lowest BCUT2D eigenvalue weighted by Crippen LogP contribution is -2.31. The molecule has 1 N–H and O–H groups in total. The number of benzene rings is 1. The molecule has 1 aliphatic carbocycles. The van der Waals surface area contributed by atoms with E-state index in [-0.39, 0.29) is 23.9 Å². The van der Waals surface area contributed by atoms with Crippen LogP contribution in [0.3, 0.4) is 0 Å². The summed E-state index contributed by atoms with van der Waals surface area (Å²) in [5.41, 5.74) is 1.25. The highest BCUT2D eigenvalue weighted by atomic mass is 16.5. The number of carbonyl (C=O) groups excluding carboxylic acids is 2. The predicted molar refractivity (Wildman–Crippen MR) is 95.6 cm³/mol. The molecule has 0 aromatic heterocycles. The molecule has 5 heteroatoms. The lowest BCUT2D eigenvalue weighted by molar-refractivity contribution is -0.153. The fourth-order valence-corrected chi connectivity index (χ4v) is 3.31. The van der Waals surface area contributed by atoms with Crippen LogP contribution < -0.4 is 5.32 Å². The van der Waals surface area contributed by atoms with Gasteiger partial charge in [0.05, 0.1) is 17.6 Å². The van der Waals surface area contributed by atoms with E-state index in [1.165, 1.54) is 0 Å². The Balaban J connectivity index is 1.76. The number of hydrogen-bond acceptors (Lipinski definition) is 4. The molecule has 0 aliphatic heterocycles. The molecule has 1 aliphatic rings. The van der Waals surface area contributed by atoms with Crippen LogP contribution in [0, 0.1) is 28.6 Å². The molecule has 5 nitrogen and oxygen atoms in total. The number of nitrogens with one attached hydrogen (secondary N) is 1. The third kappa shape index (κ3) is 5.60. The first-order valence-electron chi connectivity index (χ1n) is 8.76. The molecule has 2 rings (SSSR count). The second-order valence-electron chi connectivity index (χ2n) is 7.76. The Morgan fingerprint density at radius 2 is 1.92 bits per heavy atom. The minimum atomic E-state index is -0.396. The van der Waals surface area contributed by atoms with Gasteiger partial charge in [-0.2, -0.15) is 5.26 Å². The van der Waals surface area contributed by atoms with Crippen molar-refractivity contribution in [3.8, 4) is 6.07 Å². The fourth-order valence-electron chi connectivity index (χ4n) is 3.31. The molecular formula is C20H26N2O3. The van der Waals surface area contributed by atoms with Crippen LogP contribution in [0.15, 0.2) is 24.3 Å². The van der Waals surface area contributed by atoms with Crippen molar-refractivity contribution in [3.05, 3.63) is 29.8 Å². The SMILES string of the molecule is CC(C)(C)C1CCC(C(=O)OCC(=O)Nc2cccc(C#N)c2)CC1. The molecule has 0 atom stereocenters. The van der Waals surface area contributed by atoms with Gasteiger partial charge in [-0.1, -0.05) is 26.8 Å². The first-order chi connectivity index (χ1) is 11.8. The Kier molecular flexibility index (Phi) is 6.19. The first-order valence-corrected chi connectivity index (χ1v) is 8.76. The highest BCUT2D eigenvalue weighted by Gasteiger charge is 2.33. The van der Waals surface area contributed by atoms with Gasteiger partial charge < -0.3 is 10.1 Å². The van der Waals surface area contributed by atoms with E-state index in [4.69, 9.17) is 10.00 Å². The van der Waals surface area contributed by atoms with Gasteiger partial charge in [-0.25, -0.2) is 0 Å². The second kappa shape index (κ2) is 8.15. The summed E-state index contributed by atoms with van der Waals surface area (Å²) >= 11 is 0. The topological polar surface area (TPSA) is 79.2 Å². The van der Waals surface area contributed by atoms with Crippen LogP contribution in [-0.2, 0) is 14.3 Å². The van der Waals surface area contributed by atoms with Gasteiger partial charge in [-0.05, 0) is 55.2 Å². The summed E-state index contributed by atoms with van der Waals surface area (Å²) in [6.07, 6.45) is 3.70. The Morgan fingerprint density at radius 3 is 2.52 bits per heavy atom. The van der Waals surface area contributed by atoms with Gasteiger partial charge in [0.1, 0.15) is 0 Å². The van der Waals surface area contributed by atoms with Crippen molar-refractivity contribution in [3.63, 3.8) is 0 Å². The summed E-state index contributed by atoms with van der Waals surface area (Å²) in [5.74, 6) is -0.152. The van der Waals surface area contributed by atoms with Gasteiger partial charge in [0.15, 0.2) is 6.61 Å². The quantitative estimate of drug-likeness (QED) is 0.842. The monoisotopic (exact) mass is 342 g/mol. The minimum Gasteiger partial charge on any atom is -0.455 e. The number of nitriles is 1. The molecule has 0 spiro atoms. The van der Waals surface area contributed by atoms with E-state index in [0.717, 1.165) is 25.7 Å². The van der Waals surface area contributed by atoms with E-state index in [9.17, 15) is 9.59 Å². The lowest BCUT2D eigenvalue weighted by Gasteiger charge is -2.36. The van der Waals surface area contributed by atoms with Crippen molar-refractivity contribution in [2.24, 2.45) is 17.3 Å². The Bertz CT molecular complexity index is 662. The van der Waals surface area contributed by atoms with E-state index in [2.05, 4.69) is 26.1 Å². The number of esters is 1. The molecule has 134 valence electrons. The van der Waals surface area contributed by atoms with Crippen molar-refractivity contribution < 1.29 is 14.3 Å². The molecule has 1 amide bonds. The van der Waals surface area contributed by atoms with Crippen LogP contribution in [0.1, 0.15) is 52.0 Å². The number of hydrogen-bond donors (Lipinski definition) is 1. The van der Waals surface area contributed by atoms with Crippen molar-refractivity contribution in [1.82, 2.24) is 0 Å². The summed E-state index contributed by atoms with van der Waals surface area (Å²) in [6, 6.07) is 8.62. The van der Waals surface area contributed by atoms with E-state index >= 15 is 0 Å². The van der Waals surface area contributed by atoms with E-state index in [1.807, 2.05) is 6.07 Å². The maximum Gasteiger partial charge on any atom is 0.309 e. The molecule has 1 saturated carbocycles. The number of amides is 1. The average molecular weight is 342 g/mol. The summed E-state index contributed by atoms with van der Waals surface area (Å²) < 4.78 is 5.18. The standard InChI is InChI=1S/C20H26N2O3/c1-20(2,3)16-9-7-15(8-10-16)19(24)25-13-18(23)22-17-6-4-5-14(11-17)12-21/h4-6,11,15-16H,7-10,13H2,1-3H3,(H,22,23). The summed E-state index contributed by atoms with van der Waals surface area (Å²) in [4.78, 5) is 24.1. The van der Waals surface area contributed by atoms with Gasteiger partial charge in [0.2, 0.25) is 0 Å². The van der Waals surface area contributed by atoms with Gasteiger partial charge in [0.25, 0.3) is 5.91 Å². The maximum atomic E-state index is 12.2. The van der Waals surface area contributed by atoms with E-state index in [0.29, 0.717) is 17.2 Å². The van der Waals surface area contributed by atoms with Crippen molar-refractivity contribution in [2.75, 3.05) is 11.9 Å². The Morgan fingerprint density at radius 1 is 1.24 bits per heavy atom. The van der Waals surface area contributed by atoms with Gasteiger partial charge in [0, 0.05) is 5.69 Å². The Labute approximate surface area is 149 Å². The van der Waals surface area contributed by atoms with Crippen LogP contribution in [0.2, 0.25) is 0 Å². The third-order valence-electron chi connectivity index (χ3n) is 4.91. The van der Waals surface area contributed by atoms with Crippen LogP contribution in [0.4, 0.5) is 5.69 Å². The molecule has 0 heterocycles. The van der Waals surface area contributed by atoms with E-state index in [1.54, 1.807) is 24.3 Å². The first kappa shape index (κ1) is 19.0. The summed E-state index contributed by atoms with van der Waals surface area (Å²) in [5, 5.41) is 11.5. The molecule has 1 aromatic carbocycles. The van der Waals surface area contributed by atoms with Gasteiger partial charge >= 0.3 is 5.97 Å². The molecule has 1 fully saturated rings. The van der Waals surface area contributed by atoms with Crippen LogP contribution in [0.5, 0.6) is 0 Å². The molecule has 25 heavy (non-hydrogen) atoms. The smallest absolute Gasteiger partial charge is 0.309 e. The number of rotatable bonds is 4. The zero-order chi connectivity index (χ0) is 18.4. The molecular weight excluding hydrogens is 316 g/mol. The normalized spacial score (nSPS) is 20.4. The molecule has 1 aromatic rings. The fraction of sp³-hybridized carbons (Fsp3) is 0.550. The number of nitrogens with zero attached hydrogens (tertiary/aromatic N) is 1. The van der Waals surface area contributed by atoms with Crippen molar-refractivity contribution in [1.29, 1.82) is 5.26 Å². The van der Waals surface area contributed by atoms with E-state index < -0.39 is 5.91 Å². The van der Waals surface area contributed by atoms with Gasteiger partial charge in [-0.3, -0.25) is 9.59 Å². The predicted octanol–water partition coefficient (Wildman–Crippen LogP) is 3.89. The van der Waals surface area contributed by atoms with Crippen molar-refractivity contribution >= 4 is 17.6 Å². The number of ether oxygens (including phenoxy) is 1. The summed E-state index contributed by atoms with van der Waals surface area (Å²) in [7, 11) is 0. The van der Waals surface area contributed by atoms with Crippen LogP contribution >= 0.6 is 0 Å². The highest BCUT2D eigenvalue weighted by Crippen LogP contribution is 2.40. The second-order valence-corrected chi connectivity index (χ2v) is 7.76.